The fourth-order valence-electron chi connectivity index (χ4n) is 1.13. The van der Waals surface area contributed by atoms with E-state index in [2.05, 4.69) is 14.7 Å². The highest BCUT2D eigenvalue weighted by Gasteiger charge is 2.37. The predicted octanol–water partition coefficient (Wildman–Crippen LogP) is 2.34. The SMILES string of the molecule is Nc1cccc(-c2nc(C(F)(F)F)no2)c1. The lowest BCUT2D eigenvalue weighted by molar-refractivity contribution is -0.146. The molecule has 0 fully saturated rings. The number of hydrogen-bond acceptors (Lipinski definition) is 4. The van der Waals surface area contributed by atoms with Crippen LogP contribution in [0.15, 0.2) is 28.8 Å². The lowest BCUT2D eigenvalue weighted by Crippen LogP contribution is -2.07. The Morgan fingerprint density at radius 2 is 2.00 bits per heavy atom. The number of nitrogen functional groups attached to an aromatic ring is 1. The van der Waals surface area contributed by atoms with Crippen LogP contribution in [0.5, 0.6) is 0 Å². The Balaban J connectivity index is 2.39. The number of nitrogens with two attached hydrogens (primary N) is 1. The molecule has 7 heteroatoms. The highest BCUT2D eigenvalue weighted by Crippen LogP contribution is 2.28. The molecule has 4 nitrogen and oxygen atoms in total. The third-order valence-corrected chi connectivity index (χ3v) is 1.81. The molecule has 0 saturated heterocycles. The highest BCUT2D eigenvalue weighted by atomic mass is 19.4. The van der Waals surface area contributed by atoms with Gasteiger partial charge in [0.1, 0.15) is 0 Å². The van der Waals surface area contributed by atoms with Gasteiger partial charge < -0.3 is 10.3 Å². The summed E-state index contributed by atoms with van der Waals surface area (Å²) in [6.45, 7) is 0. The van der Waals surface area contributed by atoms with Crippen LogP contribution >= 0.6 is 0 Å². The van der Waals surface area contributed by atoms with Gasteiger partial charge in [-0.05, 0) is 18.2 Å². The van der Waals surface area contributed by atoms with Crippen LogP contribution in [0.1, 0.15) is 5.82 Å². The molecule has 0 radical (unpaired) electrons. The number of benzene rings is 1. The summed E-state index contributed by atoms with van der Waals surface area (Å²) in [5.74, 6) is -1.51. The van der Waals surface area contributed by atoms with E-state index >= 15 is 0 Å². The van der Waals surface area contributed by atoms with Crippen LogP contribution in [0.25, 0.3) is 11.5 Å². The van der Waals surface area contributed by atoms with E-state index < -0.39 is 12.0 Å². The third-order valence-electron chi connectivity index (χ3n) is 1.81. The molecular formula is C9H6F3N3O. The fourth-order valence-corrected chi connectivity index (χ4v) is 1.13. The molecule has 2 rings (SSSR count). The summed E-state index contributed by atoms with van der Waals surface area (Å²) in [4.78, 5) is 3.23. The number of halogens is 3. The molecule has 0 unspecified atom stereocenters. The zero-order valence-corrected chi connectivity index (χ0v) is 7.82. The maximum Gasteiger partial charge on any atom is 0.455 e. The Hall–Kier alpha value is -2.05. The van der Waals surface area contributed by atoms with Crippen molar-refractivity contribution < 1.29 is 17.7 Å². The van der Waals surface area contributed by atoms with Crippen LogP contribution in [-0.2, 0) is 6.18 Å². The van der Waals surface area contributed by atoms with E-state index in [0.29, 0.717) is 11.3 Å². The molecule has 16 heavy (non-hydrogen) atoms. The summed E-state index contributed by atoms with van der Waals surface area (Å²) >= 11 is 0. The van der Waals surface area contributed by atoms with Crippen molar-refractivity contribution in [2.45, 2.75) is 6.18 Å². The largest absolute Gasteiger partial charge is 0.455 e. The summed E-state index contributed by atoms with van der Waals surface area (Å²) in [6.07, 6.45) is -4.61. The summed E-state index contributed by atoms with van der Waals surface area (Å²) < 4.78 is 41.1. The molecule has 84 valence electrons. The van der Waals surface area contributed by atoms with E-state index in [1.165, 1.54) is 12.1 Å². The molecule has 0 atom stereocenters. The van der Waals surface area contributed by atoms with Gasteiger partial charge in [-0.2, -0.15) is 18.2 Å². The number of alkyl halides is 3. The van der Waals surface area contributed by atoms with E-state index in [1.807, 2.05) is 0 Å². The van der Waals surface area contributed by atoms with Crippen molar-refractivity contribution in [2.75, 3.05) is 5.73 Å². The third kappa shape index (κ3) is 1.97. The van der Waals surface area contributed by atoms with Crippen LogP contribution in [0.2, 0.25) is 0 Å². The van der Waals surface area contributed by atoms with Gasteiger partial charge in [0.2, 0.25) is 0 Å². The molecule has 2 aromatic rings. The molecule has 0 aliphatic rings. The minimum Gasteiger partial charge on any atom is -0.399 e. The van der Waals surface area contributed by atoms with Crippen molar-refractivity contribution in [1.82, 2.24) is 10.1 Å². The number of nitrogens with zero attached hydrogens (tertiary/aromatic N) is 2. The van der Waals surface area contributed by atoms with Crippen molar-refractivity contribution >= 4 is 5.69 Å². The van der Waals surface area contributed by atoms with E-state index in [0.717, 1.165) is 0 Å². The van der Waals surface area contributed by atoms with Gasteiger partial charge in [-0.3, -0.25) is 0 Å². The first-order valence-electron chi connectivity index (χ1n) is 4.23. The van der Waals surface area contributed by atoms with Gasteiger partial charge in [-0.1, -0.05) is 11.2 Å². The number of aromatic nitrogens is 2. The molecular weight excluding hydrogens is 223 g/mol. The smallest absolute Gasteiger partial charge is 0.399 e. The Morgan fingerprint density at radius 1 is 1.25 bits per heavy atom. The van der Waals surface area contributed by atoms with Crippen molar-refractivity contribution in [2.24, 2.45) is 0 Å². The first-order valence-corrected chi connectivity index (χ1v) is 4.23. The molecule has 0 spiro atoms. The zero-order valence-electron chi connectivity index (χ0n) is 7.82. The average molecular weight is 229 g/mol. The van der Waals surface area contributed by atoms with Gasteiger partial charge in [0.15, 0.2) is 0 Å². The van der Waals surface area contributed by atoms with Crippen LogP contribution in [-0.4, -0.2) is 10.1 Å². The molecule has 0 saturated carbocycles. The van der Waals surface area contributed by atoms with Gasteiger partial charge >= 0.3 is 6.18 Å². The number of hydrogen-bond donors (Lipinski definition) is 1. The lowest BCUT2D eigenvalue weighted by Gasteiger charge is -1.97. The van der Waals surface area contributed by atoms with Crippen molar-refractivity contribution in [3.05, 3.63) is 30.1 Å². The Kier molecular flexibility index (Phi) is 2.30. The second kappa shape index (κ2) is 3.51. The van der Waals surface area contributed by atoms with E-state index in [9.17, 15) is 13.2 Å². The van der Waals surface area contributed by atoms with Gasteiger partial charge in [0.25, 0.3) is 11.7 Å². The summed E-state index contributed by atoms with van der Waals surface area (Å²) in [7, 11) is 0. The van der Waals surface area contributed by atoms with E-state index in [4.69, 9.17) is 5.73 Å². The predicted molar refractivity (Wildman–Crippen MR) is 49.1 cm³/mol. The minimum atomic E-state index is -4.61. The average Bonchev–Trinajstić information content (AvgIpc) is 2.65. The topological polar surface area (TPSA) is 64.9 Å². The standard InChI is InChI=1S/C9H6F3N3O/c10-9(11,12)8-14-7(16-15-8)5-2-1-3-6(13)4-5/h1-4H,13H2. The molecule has 0 amide bonds. The Morgan fingerprint density at radius 3 is 2.56 bits per heavy atom. The van der Waals surface area contributed by atoms with Gasteiger partial charge in [-0.15, -0.1) is 0 Å². The molecule has 0 aliphatic carbocycles. The molecule has 0 bridgehead atoms. The Labute approximate surface area is 87.9 Å². The minimum absolute atomic E-state index is 0.209. The first kappa shape index (κ1) is 10.5. The van der Waals surface area contributed by atoms with Gasteiger partial charge in [0.05, 0.1) is 0 Å². The van der Waals surface area contributed by atoms with Crippen molar-refractivity contribution in [1.29, 1.82) is 0 Å². The zero-order chi connectivity index (χ0) is 11.8. The van der Waals surface area contributed by atoms with Gasteiger partial charge in [0, 0.05) is 11.3 Å². The molecule has 1 aromatic carbocycles. The molecule has 0 aliphatic heterocycles. The number of rotatable bonds is 1. The van der Waals surface area contributed by atoms with Crippen LogP contribution in [0.3, 0.4) is 0 Å². The normalized spacial score (nSPS) is 11.7. The van der Waals surface area contributed by atoms with E-state index in [1.54, 1.807) is 12.1 Å². The molecule has 1 aromatic heterocycles. The maximum absolute atomic E-state index is 12.2. The van der Waals surface area contributed by atoms with Crippen molar-refractivity contribution in [3.63, 3.8) is 0 Å². The highest BCUT2D eigenvalue weighted by molar-refractivity contribution is 5.59. The second-order valence-corrected chi connectivity index (χ2v) is 3.05. The second-order valence-electron chi connectivity index (χ2n) is 3.05. The molecule has 2 N–H and O–H groups in total. The summed E-state index contributed by atoms with van der Waals surface area (Å²) in [5.41, 5.74) is 6.23. The quantitative estimate of drug-likeness (QED) is 0.762. The number of anilines is 1. The van der Waals surface area contributed by atoms with Crippen LogP contribution in [0, 0.1) is 0 Å². The monoisotopic (exact) mass is 229 g/mol. The fraction of sp³-hybridized carbons (Fsp3) is 0.111. The van der Waals surface area contributed by atoms with E-state index in [-0.39, 0.29) is 5.89 Å². The first-order chi connectivity index (χ1) is 7.47. The van der Waals surface area contributed by atoms with Gasteiger partial charge in [-0.25, -0.2) is 0 Å². The maximum atomic E-state index is 12.2. The summed E-state index contributed by atoms with van der Waals surface area (Å²) in [5, 5.41) is 2.84. The molecule has 1 heterocycles. The lowest BCUT2D eigenvalue weighted by atomic mass is 10.2. The Bertz CT molecular complexity index is 507. The van der Waals surface area contributed by atoms with Crippen LogP contribution < -0.4 is 5.73 Å². The van der Waals surface area contributed by atoms with Crippen molar-refractivity contribution in [3.8, 4) is 11.5 Å². The van der Waals surface area contributed by atoms with Crippen LogP contribution in [0.4, 0.5) is 18.9 Å². The summed E-state index contributed by atoms with van der Waals surface area (Å²) in [6, 6.07) is 6.17.